The van der Waals surface area contributed by atoms with E-state index in [1.165, 1.54) is 77.5 Å². The molecule has 4 heteroatoms. The minimum absolute atomic E-state index is 1.09. The Balaban J connectivity index is 2.91. The van der Waals surface area contributed by atoms with Crippen molar-refractivity contribution in [3.8, 4) is 0 Å². The molecule has 0 aliphatic heterocycles. The van der Waals surface area contributed by atoms with Crippen LogP contribution in [0.25, 0.3) is 0 Å². The summed E-state index contributed by atoms with van der Waals surface area (Å²) in [5, 5.41) is 13.8. The van der Waals surface area contributed by atoms with Crippen molar-refractivity contribution in [2.45, 2.75) is 65.2 Å². The Hall–Kier alpha value is -0.160. The molecule has 0 fully saturated rings. The van der Waals surface area contributed by atoms with Crippen LogP contribution >= 0.6 is 0 Å². The van der Waals surface area contributed by atoms with Gasteiger partial charge < -0.3 is 21.3 Å². The van der Waals surface area contributed by atoms with Crippen molar-refractivity contribution >= 4 is 0 Å². The first-order valence-corrected chi connectivity index (χ1v) is 9.74. The highest BCUT2D eigenvalue weighted by molar-refractivity contribution is 4.54. The van der Waals surface area contributed by atoms with E-state index in [1.807, 2.05) is 0 Å². The topological polar surface area (TPSA) is 48.1 Å². The van der Waals surface area contributed by atoms with Crippen LogP contribution in [0.5, 0.6) is 0 Å². The van der Waals surface area contributed by atoms with Crippen LogP contribution in [-0.2, 0) is 0 Å². The molecular weight excluding hydrogens is 272 g/mol. The summed E-state index contributed by atoms with van der Waals surface area (Å²) >= 11 is 0. The minimum Gasteiger partial charge on any atom is -0.317 e. The molecule has 134 valence electrons. The molecule has 4 nitrogen and oxygen atoms in total. The summed E-state index contributed by atoms with van der Waals surface area (Å²) in [5.41, 5.74) is 0. The third-order valence-electron chi connectivity index (χ3n) is 3.87. The van der Waals surface area contributed by atoms with E-state index in [9.17, 15) is 0 Å². The average molecular weight is 315 g/mol. The summed E-state index contributed by atoms with van der Waals surface area (Å²) in [6, 6.07) is 0. The van der Waals surface area contributed by atoms with E-state index in [4.69, 9.17) is 0 Å². The Labute approximate surface area is 139 Å². The Morgan fingerprint density at radius 3 is 1.18 bits per heavy atom. The summed E-state index contributed by atoms with van der Waals surface area (Å²) in [7, 11) is 0. The molecular formula is C18H42N4. The van der Waals surface area contributed by atoms with E-state index in [-0.39, 0.29) is 0 Å². The van der Waals surface area contributed by atoms with E-state index in [0.717, 1.165) is 26.2 Å². The SMILES string of the molecule is CCNCCCCNCCCCCCCNCCCNCC. The quantitative estimate of drug-likeness (QED) is 0.277. The van der Waals surface area contributed by atoms with E-state index in [0.29, 0.717) is 0 Å². The van der Waals surface area contributed by atoms with Gasteiger partial charge in [0.25, 0.3) is 0 Å². The molecule has 0 aromatic rings. The molecule has 0 aromatic heterocycles. The first-order chi connectivity index (χ1) is 10.9. The van der Waals surface area contributed by atoms with Gasteiger partial charge in [0, 0.05) is 0 Å². The molecule has 0 saturated heterocycles. The van der Waals surface area contributed by atoms with E-state index >= 15 is 0 Å². The lowest BCUT2D eigenvalue weighted by atomic mass is 10.1. The summed E-state index contributed by atoms with van der Waals surface area (Å²) in [5.74, 6) is 0. The second-order valence-electron chi connectivity index (χ2n) is 6.04. The lowest BCUT2D eigenvalue weighted by Crippen LogP contribution is -2.22. The zero-order chi connectivity index (χ0) is 16.1. The first-order valence-electron chi connectivity index (χ1n) is 9.74. The van der Waals surface area contributed by atoms with Crippen LogP contribution in [0.2, 0.25) is 0 Å². The third kappa shape index (κ3) is 19.8. The predicted octanol–water partition coefficient (Wildman–Crippen LogP) is 2.51. The van der Waals surface area contributed by atoms with Crippen LogP contribution in [0.15, 0.2) is 0 Å². The van der Waals surface area contributed by atoms with Gasteiger partial charge in [0.2, 0.25) is 0 Å². The van der Waals surface area contributed by atoms with E-state index in [2.05, 4.69) is 35.1 Å². The molecule has 0 radical (unpaired) electrons. The van der Waals surface area contributed by atoms with Gasteiger partial charge in [-0.15, -0.1) is 0 Å². The van der Waals surface area contributed by atoms with Crippen molar-refractivity contribution < 1.29 is 0 Å². The molecule has 0 heterocycles. The molecule has 0 spiro atoms. The fourth-order valence-corrected chi connectivity index (χ4v) is 2.47. The van der Waals surface area contributed by atoms with Crippen molar-refractivity contribution in [1.82, 2.24) is 21.3 Å². The van der Waals surface area contributed by atoms with E-state index in [1.54, 1.807) is 0 Å². The van der Waals surface area contributed by atoms with Gasteiger partial charge in [-0.3, -0.25) is 0 Å². The summed E-state index contributed by atoms with van der Waals surface area (Å²) in [6.07, 6.45) is 10.7. The summed E-state index contributed by atoms with van der Waals surface area (Å²) in [4.78, 5) is 0. The molecule has 0 aliphatic carbocycles. The molecule has 4 N–H and O–H groups in total. The van der Waals surface area contributed by atoms with Crippen LogP contribution in [0.3, 0.4) is 0 Å². The molecule has 22 heavy (non-hydrogen) atoms. The lowest BCUT2D eigenvalue weighted by Gasteiger charge is -2.06. The number of unbranched alkanes of at least 4 members (excludes halogenated alkanes) is 5. The van der Waals surface area contributed by atoms with Crippen LogP contribution in [0, 0.1) is 0 Å². The number of nitrogens with one attached hydrogen (secondary N) is 4. The van der Waals surface area contributed by atoms with Crippen molar-refractivity contribution in [3.63, 3.8) is 0 Å². The standard InChI is InChI=1S/C18H42N4/c1-3-19-13-10-11-16-21-14-8-6-5-7-9-15-22-18-12-17-20-4-2/h19-22H,3-18H2,1-2H3. The molecule has 0 atom stereocenters. The predicted molar refractivity (Wildman–Crippen MR) is 99.8 cm³/mol. The zero-order valence-electron chi connectivity index (χ0n) is 15.3. The maximum Gasteiger partial charge on any atom is -0.00368 e. The Morgan fingerprint density at radius 1 is 0.364 bits per heavy atom. The molecule has 0 aromatic carbocycles. The normalized spacial score (nSPS) is 11.2. The van der Waals surface area contributed by atoms with E-state index < -0.39 is 0 Å². The number of rotatable bonds is 19. The fraction of sp³-hybridized carbons (Fsp3) is 1.00. The smallest absolute Gasteiger partial charge is 0.00368 e. The zero-order valence-corrected chi connectivity index (χ0v) is 15.3. The van der Waals surface area contributed by atoms with Crippen LogP contribution < -0.4 is 21.3 Å². The molecule has 0 aliphatic rings. The minimum atomic E-state index is 1.09. The monoisotopic (exact) mass is 314 g/mol. The molecule has 0 bridgehead atoms. The molecule has 0 rings (SSSR count). The van der Waals surface area contributed by atoms with Gasteiger partial charge in [-0.05, 0) is 84.5 Å². The van der Waals surface area contributed by atoms with Crippen molar-refractivity contribution in [2.24, 2.45) is 0 Å². The molecule has 0 saturated carbocycles. The fourth-order valence-electron chi connectivity index (χ4n) is 2.47. The maximum absolute atomic E-state index is 3.55. The van der Waals surface area contributed by atoms with Gasteiger partial charge in [-0.1, -0.05) is 33.1 Å². The van der Waals surface area contributed by atoms with Gasteiger partial charge in [0.15, 0.2) is 0 Å². The van der Waals surface area contributed by atoms with Gasteiger partial charge in [-0.25, -0.2) is 0 Å². The Morgan fingerprint density at radius 2 is 0.682 bits per heavy atom. The van der Waals surface area contributed by atoms with Gasteiger partial charge in [-0.2, -0.15) is 0 Å². The van der Waals surface area contributed by atoms with Gasteiger partial charge in [0.05, 0.1) is 0 Å². The first kappa shape index (κ1) is 21.8. The van der Waals surface area contributed by atoms with Crippen LogP contribution in [-0.4, -0.2) is 52.4 Å². The number of hydrogen-bond acceptors (Lipinski definition) is 4. The van der Waals surface area contributed by atoms with Crippen LogP contribution in [0.4, 0.5) is 0 Å². The summed E-state index contributed by atoms with van der Waals surface area (Å²) in [6.45, 7) is 13.6. The average Bonchev–Trinajstić information content (AvgIpc) is 2.54. The lowest BCUT2D eigenvalue weighted by molar-refractivity contribution is 0.537. The number of hydrogen-bond donors (Lipinski definition) is 4. The Bertz CT molecular complexity index is 168. The third-order valence-corrected chi connectivity index (χ3v) is 3.87. The van der Waals surface area contributed by atoms with Gasteiger partial charge >= 0.3 is 0 Å². The molecule has 0 unspecified atom stereocenters. The van der Waals surface area contributed by atoms with Crippen molar-refractivity contribution in [3.05, 3.63) is 0 Å². The molecule has 0 amide bonds. The van der Waals surface area contributed by atoms with Crippen LogP contribution in [0.1, 0.15) is 65.2 Å². The second kappa shape index (κ2) is 20.8. The highest BCUT2D eigenvalue weighted by atomic mass is 14.9. The highest BCUT2D eigenvalue weighted by Gasteiger charge is 1.93. The second-order valence-corrected chi connectivity index (χ2v) is 6.04. The van der Waals surface area contributed by atoms with Crippen molar-refractivity contribution in [1.29, 1.82) is 0 Å². The maximum atomic E-state index is 3.55. The largest absolute Gasteiger partial charge is 0.317 e. The highest BCUT2D eigenvalue weighted by Crippen LogP contribution is 2.01. The summed E-state index contributed by atoms with van der Waals surface area (Å²) < 4.78 is 0. The Kier molecular flexibility index (Phi) is 20.7. The van der Waals surface area contributed by atoms with Crippen molar-refractivity contribution in [2.75, 3.05) is 52.4 Å². The van der Waals surface area contributed by atoms with Gasteiger partial charge in [0.1, 0.15) is 0 Å².